The Morgan fingerprint density at radius 2 is 2.23 bits per heavy atom. The highest BCUT2D eigenvalue weighted by Gasteiger charge is 2.28. The zero-order valence-corrected chi connectivity index (χ0v) is 8.37. The van der Waals surface area contributed by atoms with Crippen molar-refractivity contribution in [2.75, 3.05) is 6.61 Å². The van der Waals surface area contributed by atoms with Crippen LogP contribution in [0.2, 0.25) is 0 Å². The first-order chi connectivity index (χ1) is 6.16. The SMILES string of the molecule is C=C1CCCCC1C(CO)C(C)O. The Morgan fingerprint density at radius 1 is 1.54 bits per heavy atom. The van der Waals surface area contributed by atoms with Crippen LogP contribution >= 0.6 is 0 Å². The third-order valence-corrected chi connectivity index (χ3v) is 3.13. The Hall–Kier alpha value is -0.340. The van der Waals surface area contributed by atoms with Crippen LogP contribution in [0.4, 0.5) is 0 Å². The lowest BCUT2D eigenvalue weighted by Gasteiger charge is -2.32. The minimum Gasteiger partial charge on any atom is -0.396 e. The Morgan fingerprint density at radius 3 is 2.69 bits per heavy atom. The average Bonchev–Trinajstić information content (AvgIpc) is 2.09. The van der Waals surface area contributed by atoms with Crippen molar-refractivity contribution in [1.82, 2.24) is 0 Å². The van der Waals surface area contributed by atoms with E-state index in [1.165, 1.54) is 18.4 Å². The summed E-state index contributed by atoms with van der Waals surface area (Å²) in [6, 6.07) is 0. The van der Waals surface area contributed by atoms with Crippen molar-refractivity contribution >= 4 is 0 Å². The molecule has 0 aromatic rings. The summed E-state index contributed by atoms with van der Waals surface area (Å²) in [4.78, 5) is 0. The van der Waals surface area contributed by atoms with Crippen LogP contribution in [-0.2, 0) is 0 Å². The number of hydrogen-bond donors (Lipinski definition) is 2. The van der Waals surface area contributed by atoms with Gasteiger partial charge >= 0.3 is 0 Å². The topological polar surface area (TPSA) is 40.5 Å². The fraction of sp³-hybridized carbons (Fsp3) is 0.818. The maximum atomic E-state index is 9.48. The lowest BCUT2D eigenvalue weighted by Crippen LogP contribution is -2.31. The molecule has 0 radical (unpaired) electrons. The molecule has 0 amide bonds. The van der Waals surface area contributed by atoms with E-state index in [2.05, 4.69) is 6.58 Å². The van der Waals surface area contributed by atoms with Crippen LogP contribution in [0.5, 0.6) is 0 Å². The van der Waals surface area contributed by atoms with Crippen LogP contribution in [0.25, 0.3) is 0 Å². The molecule has 3 unspecified atom stereocenters. The van der Waals surface area contributed by atoms with Gasteiger partial charge in [0.2, 0.25) is 0 Å². The summed E-state index contributed by atoms with van der Waals surface area (Å²) < 4.78 is 0. The smallest absolute Gasteiger partial charge is 0.0567 e. The molecule has 0 aromatic carbocycles. The van der Waals surface area contributed by atoms with E-state index in [0.717, 1.165) is 12.8 Å². The van der Waals surface area contributed by atoms with Gasteiger partial charge < -0.3 is 10.2 Å². The van der Waals surface area contributed by atoms with Crippen LogP contribution in [0.3, 0.4) is 0 Å². The second-order valence-corrected chi connectivity index (χ2v) is 4.10. The van der Waals surface area contributed by atoms with Gasteiger partial charge in [-0.15, -0.1) is 0 Å². The largest absolute Gasteiger partial charge is 0.396 e. The molecule has 0 saturated heterocycles. The summed E-state index contributed by atoms with van der Waals surface area (Å²) in [6.07, 6.45) is 4.13. The fourth-order valence-corrected chi connectivity index (χ4v) is 2.24. The summed E-state index contributed by atoms with van der Waals surface area (Å²) in [7, 11) is 0. The molecular formula is C11H20O2. The van der Waals surface area contributed by atoms with Crippen LogP contribution in [-0.4, -0.2) is 22.9 Å². The van der Waals surface area contributed by atoms with E-state index in [4.69, 9.17) is 5.11 Å². The summed E-state index contributed by atoms with van der Waals surface area (Å²) in [6.45, 7) is 5.85. The van der Waals surface area contributed by atoms with Gasteiger partial charge in [0, 0.05) is 12.5 Å². The van der Waals surface area contributed by atoms with Crippen LogP contribution in [0.1, 0.15) is 32.6 Å². The molecule has 2 heteroatoms. The zero-order chi connectivity index (χ0) is 9.84. The third kappa shape index (κ3) is 2.55. The lowest BCUT2D eigenvalue weighted by molar-refractivity contribution is 0.0472. The van der Waals surface area contributed by atoms with Gasteiger partial charge in [0.1, 0.15) is 0 Å². The number of allylic oxidation sites excluding steroid dienone is 1. The van der Waals surface area contributed by atoms with E-state index < -0.39 is 6.10 Å². The number of rotatable bonds is 3. The Balaban J connectivity index is 2.60. The van der Waals surface area contributed by atoms with Gasteiger partial charge in [0.25, 0.3) is 0 Å². The van der Waals surface area contributed by atoms with E-state index in [1.807, 2.05) is 0 Å². The van der Waals surface area contributed by atoms with Crippen LogP contribution in [0.15, 0.2) is 12.2 Å². The first-order valence-electron chi connectivity index (χ1n) is 5.13. The normalized spacial score (nSPS) is 28.5. The lowest BCUT2D eigenvalue weighted by atomic mass is 9.75. The van der Waals surface area contributed by atoms with E-state index in [1.54, 1.807) is 6.92 Å². The fourth-order valence-electron chi connectivity index (χ4n) is 2.24. The average molecular weight is 184 g/mol. The van der Waals surface area contributed by atoms with Gasteiger partial charge in [-0.2, -0.15) is 0 Å². The molecule has 0 spiro atoms. The molecule has 1 saturated carbocycles. The molecule has 0 aliphatic heterocycles. The Kier molecular flexibility index (Phi) is 3.94. The van der Waals surface area contributed by atoms with Crippen LogP contribution < -0.4 is 0 Å². The predicted octanol–water partition coefficient (Wildman–Crippen LogP) is 1.72. The van der Waals surface area contributed by atoms with Gasteiger partial charge in [-0.1, -0.05) is 18.6 Å². The molecule has 2 nitrogen and oxygen atoms in total. The van der Waals surface area contributed by atoms with Gasteiger partial charge in [-0.3, -0.25) is 0 Å². The maximum absolute atomic E-state index is 9.48. The molecule has 3 atom stereocenters. The molecule has 76 valence electrons. The molecule has 1 aliphatic carbocycles. The highest BCUT2D eigenvalue weighted by atomic mass is 16.3. The van der Waals surface area contributed by atoms with Gasteiger partial charge in [-0.25, -0.2) is 0 Å². The molecule has 0 aromatic heterocycles. The summed E-state index contributed by atoms with van der Waals surface area (Å²) in [5.74, 6) is 0.326. The molecule has 0 heterocycles. The highest BCUT2D eigenvalue weighted by Crippen LogP contribution is 2.34. The quantitative estimate of drug-likeness (QED) is 0.656. The first-order valence-corrected chi connectivity index (χ1v) is 5.13. The third-order valence-electron chi connectivity index (χ3n) is 3.13. The van der Waals surface area contributed by atoms with E-state index in [0.29, 0.717) is 5.92 Å². The molecule has 1 rings (SSSR count). The second kappa shape index (κ2) is 4.77. The number of hydrogen-bond acceptors (Lipinski definition) is 2. The summed E-state index contributed by atoms with van der Waals surface area (Å²) in [5, 5.41) is 18.6. The van der Waals surface area contributed by atoms with Crippen molar-refractivity contribution in [2.24, 2.45) is 11.8 Å². The minimum atomic E-state index is -0.426. The van der Waals surface area contributed by atoms with E-state index in [9.17, 15) is 5.11 Å². The van der Waals surface area contributed by atoms with Crippen molar-refractivity contribution in [3.8, 4) is 0 Å². The summed E-state index contributed by atoms with van der Waals surface area (Å²) >= 11 is 0. The van der Waals surface area contributed by atoms with Crippen molar-refractivity contribution < 1.29 is 10.2 Å². The van der Waals surface area contributed by atoms with Crippen molar-refractivity contribution in [2.45, 2.75) is 38.7 Å². The van der Waals surface area contributed by atoms with E-state index in [-0.39, 0.29) is 12.5 Å². The molecule has 2 N–H and O–H groups in total. The second-order valence-electron chi connectivity index (χ2n) is 4.10. The van der Waals surface area contributed by atoms with Gasteiger partial charge in [0.15, 0.2) is 0 Å². The summed E-state index contributed by atoms with van der Waals surface area (Å²) in [5.41, 5.74) is 1.21. The number of aliphatic hydroxyl groups is 2. The highest BCUT2D eigenvalue weighted by molar-refractivity contribution is 5.06. The van der Waals surface area contributed by atoms with E-state index >= 15 is 0 Å². The predicted molar refractivity (Wildman–Crippen MR) is 53.4 cm³/mol. The minimum absolute atomic E-state index is 0.00667. The first kappa shape index (κ1) is 10.7. The monoisotopic (exact) mass is 184 g/mol. The van der Waals surface area contributed by atoms with Gasteiger partial charge in [0.05, 0.1) is 6.10 Å². The number of aliphatic hydroxyl groups excluding tert-OH is 2. The molecule has 0 bridgehead atoms. The zero-order valence-electron chi connectivity index (χ0n) is 8.37. The maximum Gasteiger partial charge on any atom is 0.0567 e. The molecule has 13 heavy (non-hydrogen) atoms. The molecular weight excluding hydrogens is 164 g/mol. The van der Waals surface area contributed by atoms with Crippen molar-refractivity contribution in [3.05, 3.63) is 12.2 Å². The standard InChI is InChI=1S/C11H20O2/c1-8-5-3-4-6-10(8)11(7-12)9(2)13/h9-13H,1,3-7H2,2H3. The Bertz CT molecular complexity index is 175. The Labute approximate surface area is 80.3 Å². The van der Waals surface area contributed by atoms with Crippen molar-refractivity contribution in [1.29, 1.82) is 0 Å². The van der Waals surface area contributed by atoms with Crippen LogP contribution in [0, 0.1) is 11.8 Å². The van der Waals surface area contributed by atoms with Gasteiger partial charge in [-0.05, 0) is 32.1 Å². The molecule has 1 fully saturated rings. The van der Waals surface area contributed by atoms with Crippen molar-refractivity contribution in [3.63, 3.8) is 0 Å². The molecule has 1 aliphatic rings.